The van der Waals surface area contributed by atoms with Gasteiger partial charge < -0.3 is 20.3 Å². The molecule has 1 aliphatic heterocycles. The zero-order chi connectivity index (χ0) is 11.1. The summed E-state index contributed by atoms with van der Waals surface area (Å²) in [6, 6.07) is 3.60. The molecule has 16 heavy (non-hydrogen) atoms. The van der Waals surface area contributed by atoms with Crippen LogP contribution in [-0.2, 0) is 0 Å². The number of hydrogen-bond acceptors (Lipinski definition) is 4. The molecular weight excluding hydrogens is 244 g/mol. The zero-order valence-electron chi connectivity index (χ0n) is 8.02. The molecule has 7 heteroatoms. The van der Waals surface area contributed by atoms with Crippen molar-refractivity contribution in [2.24, 2.45) is 5.73 Å². The van der Waals surface area contributed by atoms with Crippen molar-refractivity contribution in [2.45, 2.75) is 12.3 Å². The first-order chi connectivity index (χ1) is 7.03. The Morgan fingerprint density at radius 3 is 2.69 bits per heavy atom. The molecule has 1 heterocycles. The summed E-state index contributed by atoms with van der Waals surface area (Å²) in [7, 11) is 0. The number of halogens is 3. The third kappa shape index (κ3) is 2.18. The van der Waals surface area contributed by atoms with Crippen LogP contribution in [0, 0.1) is 0 Å². The van der Waals surface area contributed by atoms with Gasteiger partial charge in [-0.05, 0) is 6.07 Å². The first-order valence-electron chi connectivity index (χ1n) is 4.28. The minimum atomic E-state index is -3.66. The number of hydrogen-bond donors (Lipinski definition) is 2. The summed E-state index contributed by atoms with van der Waals surface area (Å²) in [5.41, 5.74) is 5.82. The van der Waals surface area contributed by atoms with Gasteiger partial charge >= 0.3 is 6.29 Å². The SMILES string of the molecule is Cl.N[C@@H](CO)c1cccc2c1OC(F)(F)O2. The largest absolute Gasteiger partial charge is 0.586 e. The number of benzene rings is 1. The second-order valence-electron chi connectivity index (χ2n) is 3.13. The number of rotatable bonds is 2. The van der Waals surface area contributed by atoms with Crippen molar-refractivity contribution < 1.29 is 23.4 Å². The fourth-order valence-corrected chi connectivity index (χ4v) is 1.38. The van der Waals surface area contributed by atoms with Crippen LogP contribution in [0.1, 0.15) is 11.6 Å². The van der Waals surface area contributed by atoms with E-state index in [1.807, 2.05) is 0 Å². The van der Waals surface area contributed by atoms with Crippen LogP contribution in [0.15, 0.2) is 18.2 Å². The third-order valence-corrected chi connectivity index (χ3v) is 2.06. The molecule has 0 aromatic heterocycles. The lowest BCUT2D eigenvalue weighted by atomic mass is 10.1. The Morgan fingerprint density at radius 1 is 1.38 bits per heavy atom. The molecule has 0 amide bonds. The normalized spacial score (nSPS) is 17.8. The molecule has 2 rings (SSSR count). The second-order valence-corrected chi connectivity index (χ2v) is 3.13. The topological polar surface area (TPSA) is 64.7 Å². The minimum absolute atomic E-state index is 0. The Balaban J connectivity index is 0.00000128. The highest BCUT2D eigenvalue weighted by Gasteiger charge is 2.44. The van der Waals surface area contributed by atoms with Crippen molar-refractivity contribution in [3.63, 3.8) is 0 Å². The van der Waals surface area contributed by atoms with Crippen molar-refractivity contribution in [1.29, 1.82) is 0 Å². The Labute approximate surface area is 96.4 Å². The van der Waals surface area contributed by atoms with E-state index < -0.39 is 12.3 Å². The van der Waals surface area contributed by atoms with E-state index in [0.29, 0.717) is 5.56 Å². The van der Waals surface area contributed by atoms with Crippen LogP contribution in [0.2, 0.25) is 0 Å². The zero-order valence-corrected chi connectivity index (χ0v) is 8.84. The molecule has 90 valence electrons. The molecule has 0 radical (unpaired) electrons. The van der Waals surface area contributed by atoms with Gasteiger partial charge in [0.2, 0.25) is 0 Å². The molecule has 0 unspecified atom stereocenters. The van der Waals surface area contributed by atoms with Gasteiger partial charge in [0.1, 0.15) is 0 Å². The van der Waals surface area contributed by atoms with Gasteiger partial charge in [0.25, 0.3) is 0 Å². The predicted octanol–water partition coefficient (Wildman–Crippen LogP) is 1.42. The standard InChI is InChI=1S/C9H9F2NO3.ClH/c10-9(11)14-7-3-1-2-5(6(12)4-13)8(7)15-9;/h1-3,6,13H,4,12H2;1H/t6-;/m0./s1. The molecule has 0 spiro atoms. The maximum absolute atomic E-state index is 12.7. The molecule has 1 aliphatic rings. The van der Waals surface area contributed by atoms with Crippen LogP contribution in [-0.4, -0.2) is 18.0 Å². The lowest BCUT2D eigenvalue weighted by molar-refractivity contribution is -0.287. The van der Waals surface area contributed by atoms with Gasteiger partial charge in [0.05, 0.1) is 12.6 Å². The Hall–Kier alpha value is -1.11. The van der Waals surface area contributed by atoms with E-state index in [4.69, 9.17) is 10.8 Å². The smallest absolute Gasteiger partial charge is 0.395 e. The van der Waals surface area contributed by atoms with Crippen LogP contribution < -0.4 is 15.2 Å². The van der Waals surface area contributed by atoms with Crippen molar-refractivity contribution in [1.82, 2.24) is 0 Å². The summed E-state index contributed by atoms with van der Waals surface area (Å²) in [6.45, 7) is -0.356. The van der Waals surface area contributed by atoms with Crippen molar-refractivity contribution in [2.75, 3.05) is 6.61 Å². The van der Waals surface area contributed by atoms with Gasteiger partial charge in [-0.3, -0.25) is 0 Å². The predicted molar refractivity (Wildman–Crippen MR) is 53.9 cm³/mol. The van der Waals surface area contributed by atoms with E-state index in [-0.39, 0.29) is 30.5 Å². The first kappa shape index (κ1) is 13.0. The van der Waals surface area contributed by atoms with E-state index in [1.54, 1.807) is 0 Å². The minimum Gasteiger partial charge on any atom is -0.395 e. The van der Waals surface area contributed by atoms with E-state index in [1.165, 1.54) is 18.2 Å². The average molecular weight is 254 g/mol. The molecule has 0 saturated carbocycles. The number of aliphatic hydroxyl groups is 1. The summed E-state index contributed by atoms with van der Waals surface area (Å²) >= 11 is 0. The highest BCUT2D eigenvalue weighted by Crippen LogP contribution is 2.44. The molecule has 3 N–H and O–H groups in total. The lowest BCUT2D eigenvalue weighted by Crippen LogP contribution is -2.26. The number of fused-ring (bicyclic) bond motifs is 1. The van der Waals surface area contributed by atoms with Crippen molar-refractivity contribution >= 4 is 12.4 Å². The number of para-hydroxylation sites is 1. The quantitative estimate of drug-likeness (QED) is 0.837. The second kappa shape index (κ2) is 4.40. The summed E-state index contributed by atoms with van der Waals surface area (Å²) in [6.07, 6.45) is -3.66. The van der Waals surface area contributed by atoms with E-state index in [2.05, 4.69) is 9.47 Å². The summed E-state index contributed by atoms with van der Waals surface area (Å²) in [5, 5.41) is 8.84. The fraction of sp³-hybridized carbons (Fsp3) is 0.333. The molecule has 1 aromatic rings. The maximum atomic E-state index is 12.7. The van der Waals surface area contributed by atoms with Gasteiger partial charge in [-0.1, -0.05) is 12.1 Å². The summed E-state index contributed by atoms with van der Waals surface area (Å²) < 4.78 is 34.0. The van der Waals surface area contributed by atoms with Crippen LogP contribution in [0.4, 0.5) is 8.78 Å². The van der Waals surface area contributed by atoms with Gasteiger partial charge in [-0.2, -0.15) is 0 Å². The van der Waals surface area contributed by atoms with E-state index >= 15 is 0 Å². The number of ether oxygens (including phenoxy) is 2. The Kier molecular flexibility index (Phi) is 3.57. The molecule has 0 aliphatic carbocycles. The van der Waals surface area contributed by atoms with Gasteiger partial charge in [-0.15, -0.1) is 21.2 Å². The number of nitrogens with two attached hydrogens (primary N) is 1. The molecule has 0 saturated heterocycles. The third-order valence-electron chi connectivity index (χ3n) is 2.06. The molecule has 4 nitrogen and oxygen atoms in total. The highest BCUT2D eigenvalue weighted by atomic mass is 35.5. The molecular formula is C9H10ClF2NO3. The van der Waals surface area contributed by atoms with Gasteiger partial charge in [0, 0.05) is 5.56 Å². The van der Waals surface area contributed by atoms with Crippen LogP contribution in [0.5, 0.6) is 11.5 Å². The van der Waals surface area contributed by atoms with Crippen molar-refractivity contribution in [3.8, 4) is 11.5 Å². The summed E-state index contributed by atoms with van der Waals surface area (Å²) in [4.78, 5) is 0. The van der Waals surface area contributed by atoms with Gasteiger partial charge in [0.15, 0.2) is 11.5 Å². The van der Waals surface area contributed by atoms with Crippen molar-refractivity contribution in [3.05, 3.63) is 23.8 Å². The van der Waals surface area contributed by atoms with Crippen LogP contribution in [0.3, 0.4) is 0 Å². The first-order valence-corrected chi connectivity index (χ1v) is 4.28. The Bertz CT molecular complexity index is 389. The lowest BCUT2D eigenvalue weighted by Gasteiger charge is -2.11. The maximum Gasteiger partial charge on any atom is 0.586 e. The molecule has 0 fully saturated rings. The van der Waals surface area contributed by atoms with Crippen LogP contribution >= 0.6 is 12.4 Å². The Morgan fingerprint density at radius 2 is 2.06 bits per heavy atom. The number of aliphatic hydroxyl groups excluding tert-OH is 1. The molecule has 0 bridgehead atoms. The molecule has 1 atom stereocenters. The monoisotopic (exact) mass is 253 g/mol. The van der Waals surface area contributed by atoms with Gasteiger partial charge in [-0.25, -0.2) is 0 Å². The van der Waals surface area contributed by atoms with E-state index in [9.17, 15) is 8.78 Å². The summed E-state index contributed by atoms with van der Waals surface area (Å²) in [5.74, 6) is -0.176. The highest BCUT2D eigenvalue weighted by molar-refractivity contribution is 5.85. The average Bonchev–Trinajstić information content (AvgIpc) is 2.49. The number of alkyl halides is 2. The fourth-order valence-electron chi connectivity index (χ4n) is 1.38. The van der Waals surface area contributed by atoms with Crippen LogP contribution in [0.25, 0.3) is 0 Å². The molecule has 1 aromatic carbocycles. The van der Waals surface area contributed by atoms with E-state index in [0.717, 1.165) is 0 Å².